The van der Waals surface area contributed by atoms with Gasteiger partial charge in [-0.2, -0.15) is 5.10 Å². The highest BCUT2D eigenvalue weighted by Gasteiger charge is 2.15. The first-order chi connectivity index (χ1) is 15.3. The van der Waals surface area contributed by atoms with Crippen LogP contribution in [0.2, 0.25) is 5.02 Å². The predicted octanol–water partition coefficient (Wildman–Crippen LogP) is 4.36. The summed E-state index contributed by atoms with van der Waals surface area (Å²) < 4.78 is 12.3. The lowest BCUT2D eigenvalue weighted by Crippen LogP contribution is -2.30. The summed E-state index contributed by atoms with van der Waals surface area (Å²) in [6.07, 6.45) is 0. The minimum absolute atomic E-state index is 0.291. The van der Waals surface area contributed by atoms with Crippen molar-refractivity contribution in [2.75, 3.05) is 20.3 Å². The zero-order valence-corrected chi connectivity index (χ0v) is 19.3. The molecule has 1 heterocycles. The highest BCUT2D eigenvalue weighted by molar-refractivity contribution is 6.31. The summed E-state index contributed by atoms with van der Waals surface area (Å²) in [4.78, 5) is 26.2. The molecule has 3 aromatic rings. The molecule has 1 amide bonds. The Labute approximate surface area is 192 Å². The van der Waals surface area contributed by atoms with Crippen LogP contribution in [0.5, 0.6) is 5.75 Å². The van der Waals surface area contributed by atoms with Gasteiger partial charge in [-0.3, -0.25) is 4.79 Å². The molecule has 0 fully saturated rings. The van der Waals surface area contributed by atoms with Crippen molar-refractivity contribution in [3.05, 3.63) is 76.1 Å². The standard InChI is InChI=1S/C24H26ClN3O4/c1-5-31-21-12-6-18(7-13-21)14-27(4)22(29)15-32-24(30)19-8-10-20(11-9-19)28-17(3)23(25)16(2)26-28/h6-13H,5,14-15H2,1-4H3. The molecule has 168 valence electrons. The number of aromatic nitrogens is 2. The van der Waals surface area contributed by atoms with Crippen LogP contribution in [0.15, 0.2) is 48.5 Å². The van der Waals surface area contributed by atoms with Gasteiger partial charge < -0.3 is 14.4 Å². The second kappa shape index (κ2) is 10.3. The van der Waals surface area contributed by atoms with Gasteiger partial charge in [0.05, 0.1) is 34.3 Å². The number of hydrogen-bond acceptors (Lipinski definition) is 5. The third kappa shape index (κ3) is 5.48. The van der Waals surface area contributed by atoms with Gasteiger partial charge in [-0.1, -0.05) is 23.7 Å². The van der Waals surface area contributed by atoms with E-state index in [9.17, 15) is 9.59 Å². The molecular formula is C24H26ClN3O4. The Bertz CT molecular complexity index is 1090. The van der Waals surface area contributed by atoms with Crippen molar-refractivity contribution in [1.82, 2.24) is 14.7 Å². The lowest BCUT2D eigenvalue weighted by molar-refractivity contribution is -0.133. The van der Waals surface area contributed by atoms with E-state index in [4.69, 9.17) is 21.1 Å². The first-order valence-electron chi connectivity index (χ1n) is 10.2. The fraction of sp³-hybridized carbons (Fsp3) is 0.292. The number of rotatable bonds is 8. The monoisotopic (exact) mass is 455 g/mol. The number of carbonyl (C=O) groups excluding carboxylic acids is 2. The Kier molecular flexibility index (Phi) is 7.53. The Morgan fingerprint density at radius 2 is 1.72 bits per heavy atom. The summed E-state index contributed by atoms with van der Waals surface area (Å²) in [6, 6.07) is 14.3. The van der Waals surface area contributed by atoms with Gasteiger partial charge in [0.15, 0.2) is 6.61 Å². The molecule has 8 heteroatoms. The summed E-state index contributed by atoms with van der Waals surface area (Å²) in [7, 11) is 1.67. The molecule has 0 aliphatic rings. The second-order valence-corrected chi connectivity index (χ2v) is 7.72. The number of nitrogens with zero attached hydrogens (tertiary/aromatic N) is 3. The van der Waals surface area contributed by atoms with Crippen molar-refractivity contribution in [2.45, 2.75) is 27.3 Å². The first kappa shape index (κ1) is 23.3. The van der Waals surface area contributed by atoms with Crippen molar-refractivity contribution >= 4 is 23.5 Å². The van der Waals surface area contributed by atoms with E-state index >= 15 is 0 Å². The van der Waals surface area contributed by atoms with Crippen molar-refractivity contribution in [3.8, 4) is 11.4 Å². The van der Waals surface area contributed by atoms with Crippen molar-refractivity contribution in [3.63, 3.8) is 0 Å². The van der Waals surface area contributed by atoms with Gasteiger partial charge in [-0.25, -0.2) is 9.48 Å². The van der Waals surface area contributed by atoms with Gasteiger partial charge in [0.25, 0.3) is 5.91 Å². The summed E-state index contributed by atoms with van der Waals surface area (Å²) in [5.74, 6) is -0.0713. The first-order valence-corrected chi connectivity index (χ1v) is 10.6. The van der Waals surface area contributed by atoms with Crippen LogP contribution >= 0.6 is 11.6 Å². The molecule has 0 unspecified atom stereocenters. The molecule has 32 heavy (non-hydrogen) atoms. The fourth-order valence-electron chi connectivity index (χ4n) is 3.15. The smallest absolute Gasteiger partial charge is 0.338 e. The minimum atomic E-state index is -0.564. The number of benzene rings is 2. The van der Waals surface area contributed by atoms with Crippen LogP contribution in [0.3, 0.4) is 0 Å². The predicted molar refractivity (Wildman–Crippen MR) is 122 cm³/mol. The quantitative estimate of drug-likeness (QED) is 0.472. The molecule has 0 N–H and O–H groups in total. The lowest BCUT2D eigenvalue weighted by Gasteiger charge is -2.17. The molecule has 7 nitrogen and oxygen atoms in total. The Morgan fingerprint density at radius 3 is 2.28 bits per heavy atom. The van der Waals surface area contributed by atoms with Crippen LogP contribution < -0.4 is 4.74 Å². The fourth-order valence-corrected chi connectivity index (χ4v) is 3.27. The van der Waals surface area contributed by atoms with Gasteiger partial charge in [-0.05, 0) is 62.7 Å². The van der Waals surface area contributed by atoms with E-state index in [0.29, 0.717) is 23.7 Å². The summed E-state index contributed by atoms with van der Waals surface area (Å²) >= 11 is 6.20. The maximum atomic E-state index is 12.4. The van der Waals surface area contributed by atoms with Crippen LogP contribution in [0.1, 0.15) is 34.2 Å². The number of hydrogen-bond donors (Lipinski definition) is 0. The van der Waals surface area contributed by atoms with Gasteiger partial charge in [0.1, 0.15) is 5.75 Å². The van der Waals surface area contributed by atoms with Crippen LogP contribution in [-0.4, -0.2) is 46.8 Å². The normalized spacial score (nSPS) is 10.7. The van der Waals surface area contributed by atoms with Crippen molar-refractivity contribution in [1.29, 1.82) is 0 Å². The third-order valence-electron chi connectivity index (χ3n) is 4.96. The van der Waals surface area contributed by atoms with E-state index < -0.39 is 5.97 Å². The average molecular weight is 456 g/mol. The van der Waals surface area contributed by atoms with E-state index in [1.54, 1.807) is 36.0 Å². The van der Waals surface area contributed by atoms with Crippen LogP contribution in [-0.2, 0) is 16.1 Å². The number of esters is 1. The Morgan fingerprint density at radius 1 is 1.06 bits per heavy atom. The van der Waals surface area contributed by atoms with Crippen molar-refractivity contribution < 1.29 is 19.1 Å². The topological polar surface area (TPSA) is 73.7 Å². The second-order valence-electron chi connectivity index (χ2n) is 7.35. The van der Waals surface area contributed by atoms with Gasteiger partial charge in [-0.15, -0.1) is 0 Å². The summed E-state index contributed by atoms with van der Waals surface area (Å²) in [5, 5.41) is 5.01. The SMILES string of the molecule is CCOc1ccc(CN(C)C(=O)COC(=O)c2ccc(-n3nc(C)c(Cl)c3C)cc2)cc1. The molecule has 0 saturated heterocycles. The van der Waals surface area contributed by atoms with E-state index in [0.717, 1.165) is 28.4 Å². The molecule has 0 radical (unpaired) electrons. The van der Waals surface area contributed by atoms with E-state index in [-0.39, 0.29) is 12.5 Å². The summed E-state index contributed by atoms with van der Waals surface area (Å²) in [5.41, 5.74) is 3.64. The molecule has 3 rings (SSSR count). The van der Waals surface area contributed by atoms with Crippen LogP contribution in [0.25, 0.3) is 5.69 Å². The van der Waals surface area contributed by atoms with Gasteiger partial charge in [0, 0.05) is 13.6 Å². The zero-order valence-electron chi connectivity index (χ0n) is 18.6. The van der Waals surface area contributed by atoms with E-state index in [2.05, 4.69) is 5.10 Å². The highest BCUT2D eigenvalue weighted by atomic mass is 35.5. The minimum Gasteiger partial charge on any atom is -0.494 e. The van der Waals surface area contributed by atoms with Crippen molar-refractivity contribution in [2.24, 2.45) is 0 Å². The Hall–Kier alpha value is -3.32. The number of ether oxygens (including phenoxy) is 2. The molecule has 0 bridgehead atoms. The molecule has 0 saturated carbocycles. The number of aryl methyl sites for hydroxylation is 1. The average Bonchev–Trinajstić information content (AvgIpc) is 3.06. The maximum Gasteiger partial charge on any atom is 0.338 e. The molecule has 1 aromatic heterocycles. The molecule has 2 aromatic carbocycles. The molecule has 0 aliphatic heterocycles. The van der Waals surface area contributed by atoms with Crippen LogP contribution in [0.4, 0.5) is 0 Å². The van der Waals surface area contributed by atoms with E-state index in [1.807, 2.05) is 45.0 Å². The lowest BCUT2D eigenvalue weighted by atomic mass is 10.2. The third-order valence-corrected chi connectivity index (χ3v) is 5.50. The Balaban J connectivity index is 1.54. The zero-order chi connectivity index (χ0) is 23.3. The van der Waals surface area contributed by atoms with E-state index in [1.165, 1.54) is 4.90 Å². The molecule has 0 aliphatic carbocycles. The largest absolute Gasteiger partial charge is 0.494 e. The van der Waals surface area contributed by atoms with Gasteiger partial charge >= 0.3 is 5.97 Å². The maximum absolute atomic E-state index is 12.4. The molecule has 0 spiro atoms. The molecule has 0 atom stereocenters. The number of likely N-dealkylation sites (N-methyl/N-ethyl adjacent to an activating group) is 1. The summed E-state index contributed by atoms with van der Waals surface area (Å²) in [6.45, 7) is 6.31. The number of amides is 1. The van der Waals surface area contributed by atoms with Crippen LogP contribution in [0, 0.1) is 13.8 Å². The highest BCUT2D eigenvalue weighted by Crippen LogP contribution is 2.22. The number of halogens is 1. The molecular weight excluding hydrogens is 430 g/mol. The number of carbonyl (C=O) groups is 2. The van der Waals surface area contributed by atoms with Gasteiger partial charge in [0.2, 0.25) is 0 Å².